The molecule has 90 valence electrons. The van der Waals surface area contributed by atoms with Gasteiger partial charge in [0.05, 0.1) is 5.60 Å². The van der Waals surface area contributed by atoms with Crippen molar-refractivity contribution in [3.63, 3.8) is 0 Å². The SMILES string of the molecule is COC(OC)c1ccc(C(C)(C)O)cc1F. The summed E-state index contributed by atoms with van der Waals surface area (Å²) >= 11 is 0. The van der Waals surface area contributed by atoms with Crippen LogP contribution in [0.5, 0.6) is 0 Å². The van der Waals surface area contributed by atoms with Gasteiger partial charge in [0.2, 0.25) is 0 Å². The van der Waals surface area contributed by atoms with E-state index in [1.165, 1.54) is 20.3 Å². The Morgan fingerprint density at radius 1 is 1.25 bits per heavy atom. The number of ether oxygens (including phenoxy) is 2. The van der Waals surface area contributed by atoms with Crippen molar-refractivity contribution in [2.45, 2.75) is 25.7 Å². The topological polar surface area (TPSA) is 38.7 Å². The summed E-state index contributed by atoms with van der Waals surface area (Å²) in [7, 11) is 2.88. The molecule has 0 atom stereocenters. The van der Waals surface area contributed by atoms with Crippen LogP contribution in [0, 0.1) is 5.82 Å². The van der Waals surface area contributed by atoms with Gasteiger partial charge in [-0.1, -0.05) is 12.1 Å². The number of methoxy groups -OCH3 is 2. The molecule has 0 saturated heterocycles. The van der Waals surface area contributed by atoms with Crippen molar-refractivity contribution in [3.05, 3.63) is 35.1 Å². The van der Waals surface area contributed by atoms with Gasteiger partial charge in [0.25, 0.3) is 0 Å². The summed E-state index contributed by atoms with van der Waals surface area (Å²) < 4.78 is 23.7. The molecule has 0 aliphatic rings. The zero-order chi connectivity index (χ0) is 12.3. The van der Waals surface area contributed by atoms with Gasteiger partial charge in [-0.3, -0.25) is 0 Å². The lowest BCUT2D eigenvalue weighted by Gasteiger charge is -2.20. The quantitative estimate of drug-likeness (QED) is 0.804. The van der Waals surface area contributed by atoms with Gasteiger partial charge in [0.1, 0.15) is 5.82 Å². The highest BCUT2D eigenvalue weighted by atomic mass is 19.1. The first-order valence-electron chi connectivity index (χ1n) is 4.98. The van der Waals surface area contributed by atoms with Crippen molar-refractivity contribution < 1.29 is 19.0 Å². The van der Waals surface area contributed by atoms with Gasteiger partial charge < -0.3 is 14.6 Å². The molecule has 0 aliphatic heterocycles. The van der Waals surface area contributed by atoms with Crippen LogP contribution in [0.4, 0.5) is 4.39 Å². The Morgan fingerprint density at radius 3 is 2.19 bits per heavy atom. The van der Waals surface area contributed by atoms with E-state index in [-0.39, 0.29) is 0 Å². The van der Waals surface area contributed by atoms with E-state index in [1.807, 2.05) is 0 Å². The van der Waals surface area contributed by atoms with E-state index in [0.29, 0.717) is 11.1 Å². The van der Waals surface area contributed by atoms with Gasteiger partial charge >= 0.3 is 0 Å². The van der Waals surface area contributed by atoms with Crippen LogP contribution in [0.2, 0.25) is 0 Å². The number of halogens is 1. The largest absolute Gasteiger partial charge is 0.386 e. The molecule has 0 heterocycles. The average molecular weight is 228 g/mol. The lowest BCUT2D eigenvalue weighted by Crippen LogP contribution is -2.16. The van der Waals surface area contributed by atoms with Crippen molar-refractivity contribution >= 4 is 0 Å². The van der Waals surface area contributed by atoms with E-state index in [4.69, 9.17) is 9.47 Å². The van der Waals surface area contributed by atoms with E-state index in [2.05, 4.69) is 0 Å². The zero-order valence-electron chi connectivity index (χ0n) is 9.95. The monoisotopic (exact) mass is 228 g/mol. The predicted molar refractivity (Wildman–Crippen MR) is 58.4 cm³/mol. The van der Waals surface area contributed by atoms with E-state index in [1.54, 1.807) is 26.0 Å². The van der Waals surface area contributed by atoms with Gasteiger partial charge in [-0.25, -0.2) is 4.39 Å². The fourth-order valence-corrected chi connectivity index (χ4v) is 1.45. The number of rotatable bonds is 4. The highest BCUT2D eigenvalue weighted by molar-refractivity contribution is 5.28. The number of hydrogen-bond donors (Lipinski definition) is 1. The van der Waals surface area contributed by atoms with Gasteiger partial charge in [-0.2, -0.15) is 0 Å². The maximum atomic E-state index is 13.7. The zero-order valence-corrected chi connectivity index (χ0v) is 9.95. The summed E-state index contributed by atoms with van der Waals surface area (Å²) in [6.45, 7) is 3.21. The smallest absolute Gasteiger partial charge is 0.185 e. The molecule has 1 aromatic rings. The molecule has 4 heteroatoms. The summed E-state index contributed by atoms with van der Waals surface area (Å²) in [6.07, 6.45) is -0.726. The standard InChI is InChI=1S/C12H17FO3/c1-12(2,14)8-5-6-9(10(13)7-8)11(15-3)16-4/h5-7,11,14H,1-4H3. The van der Waals surface area contributed by atoms with Gasteiger partial charge in [0.15, 0.2) is 6.29 Å². The second kappa shape index (κ2) is 4.91. The first kappa shape index (κ1) is 13.1. The highest BCUT2D eigenvalue weighted by Gasteiger charge is 2.20. The molecule has 0 spiro atoms. The fraction of sp³-hybridized carbons (Fsp3) is 0.500. The maximum Gasteiger partial charge on any atom is 0.185 e. The second-order valence-corrected chi connectivity index (χ2v) is 4.10. The Morgan fingerprint density at radius 2 is 1.81 bits per heavy atom. The minimum Gasteiger partial charge on any atom is -0.386 e. The molecule has 0 aromatic heterocycles. The molecule has 0 amide bonds. The van der Waals surface area contributed by atoms with Crippen molar-refractivity contribution in [1.29, 1.82) is 0 Å². The number of hydrogen-bond acceptors (Lipinski definition) is 3. The van der Waals surface area contributed by atoms with Crippen LogP contribution < -0.4 is 0 Å². The Balaban J connectivity index is 3.09. The molecule has 1 N–H and O–H groups in total. The molecular weight excluding hydrogens is 211 g/mol. The Hall–Kier alpha value is -0.970. The minimum absolute atomic E-state index is 0.318. The molecule has 1 aromatic carbocycles. The van der Waals surface area contributed by atoms with Crippen molar-refractivity contribution in [1.82, 2.24) is 0 Å². The van der Waals surface area contributed by atoms with E-state index >= 15 is 0 Å². The molecule has 1 rings (SSSR count). The normalized spacial score (nSPS) is 12.2. The average Bonchev–Trinajstić information content (AvgIpc) is 2.20. The van der Waals surface area contributed by atoms with Crippen molar-refractivity contribution in [2.24, 2.45) is 0 Å². The first-order valence-corrected chi connectivity index (χ1v) is 4.98. The molecule has 0 bridgehead atoms. The third-order valence-electron chi connectivity index (χ3n) is 2.39. The van der Waals surface area contributed by atoms with Gasteiger partial charge in [0, 0.05) is 19.8 Å². The molecular formula is C12H17FO3. The lowest BCUT2D eigenvalue weighted by molar-refractivity contribution is -0.107. The first-order chi connectivity index (χ1) is 7.40. The van der Waals surface area contributed by atoms with Crippen LogP contribution in [0.15, 0.2) is 18.2 Å². The fourth-order valence-electron chi connectivity index (χ4n) is 1.45. The Labute approximate surface area is 94.8 Å². The van der Waals surface area contributed by atoms with Crippen molar-refractivity contribution in [2.75, 3.05) is 14.2 Å². The Kier molecular flexibility index (Phi) is 4.02. The molecule has 3 nitrogen and oxygen atoms in total. The molecule has 16 heavy (non-hydrogen) atoms. The molecule has 0 radical (unpaired) electrons. The van der Waals surface area contributed by atoms with Crippen LogP contribution in [0.3, 0.4) is 0 Å². The summed E-state index contributed by atoms with van der Waals surface area (Å²) in [5.41, 5.74) is -0.229. The summed E-state index contributed by atoms with van der Waals surface area (Å²) in [4.78, 5) is 0. The van der Waals surface area contributed by atoms with Crippen molar-refractivity contribution in [3.8, 4) is 0 Å². The molecule has 0 fully saturated rings. The molecule has 0 aliphatic carbocycles. The molecule has 0 unspecified atom stereocenters. The lowest BCUT2D eigenvalue weighted by atomic mass is 9.97. The second-order valence-electron chi connectivity index (χ2n) is 4.10. The summed E-state index contributed by atoms with van der Waals surface area (Å²) in [5.74, 6) is -0.451. The summed E-state index contributed by atoms with van der Waals surface area (Å²) in [5, 5.41) is 9.73. The highest BCUT2D eigenvalue weighted by Crippen LogP contribution is 2.26. The van der Waals surface area contributed by atoms with E-state index in [0.717, 1.165) is 0 Å². The van der Waals surface area contributed by atoms with Crippen LogP contribution in [0.25, 0.3) is 0 Å². The van der Waals surface area contributed by atoms with Crippen LogP contribution >= 0.6 is 0 Å². The van der Waals surface area contributed by atoms with Crippen LogP contribution in [-0.4, -0.2) is 19.3 Å². The van der Waals surface area contributed by atoms with Crippen LogP contribution in [0.1, 0.15) is 31.3 Å². The van der Waals surface area contributed by atoms with Gasteiger partial charge in [-0.15, -0.1) is 0 Å². The van der Waals surface area contributed by atoms with E-state index < -0.39 is 17.7 Å². The predicted octanol–water partition coefficient (Wildman–Crippen LogP) is 2.34. The third-order valence-corrected chi connectivity index (χ3v) is 2.39. The van der Waals surface area contributed by atoms with E-state index in [9.17, 15) is 9.50 Å². The minimum atomic E-state index is -1.06. The van der Waals surface area contributed by atoms with Crippen LogP contribution in [-0.2, 0) is 15.1 Å². The summed E-state index contributed by atoms with van der Waals surface area (Å²) in [6, 6.07) is 4.50. The molecule has 0 saturated carbocycles. The number of benzene rings is 1. The third kappa shape index (κ3) is 2.78. The maximum absolute atomic E-state index is 13.7. The number of aliphatic hydroxyl groups is 1. The Bertz CT molecular complexity index is 354. The van der Waals surface area contributed by atoms with Gasteiger partial charge in [-0.05, 0) is 25.5 Å².